The molecule has 0 amide bonds. The van der Waals surface area contributed by atoms with Gasteiger partial charge in [-0.05, 0) is 36.4 Å². The normalized spacial score (nSPS) is 11.0. The minimum Gasteiger partial charge on any atom is -0.497 e. The lowest BCUT2D eigenvalue weighted by atomic mass is 10.1. The first-order valence-corrected chi connectivity index (χ1v) is 9.95. The second-order valence-corrected chi connectivity index (χ2v) is 6.91. The van der Waals surface area contributed by atoms with Crippen molar-refractivity contribution in [2.45, 2.75) is 0 Å². The van der Waals surface area contributed by atoms with Crippen molar-refractivity contribution >= 4 is 17.1 Å². The molecule has 0 aliphatic carbocycles. The van der Waals surface area contributed by atoms with E-state index in [4.69, 9.17) is 14.2 Å². The lowest BCUT2D eigenvalue weighted by Crippen LogP contribution is -2.03. The molecule has 1 N–H and O–H groups in total. The van der Waals surface area contributed by atoms with Gasteiger partial charge in [-0.15, -0.1) is 0 Å². The van der Waals surface area contributed by atoms with Crippen molar-refractivity contribution < 1.29 is 19.0 Å². The Morgan fingerprint density at radius 3 is 2.25 bits per heavy atom. The highest BCUT2D eigenvalue weighted by Crippen LogP contribution is 2.28. The molecule has 0 unspecified atom stereocenters. The molecule has 32 heavy (non-hydrogen) atoms. The average molecular weight is 429 g/mol. The van der Waals surface area contributed by atoms with Crippen LogP contribution in [0.3, 0.4) is 0 Å². The van der Waals surface area contributed by atoms with Crippen molar-refractivity contribution in [3.8, 4) is 28.5 Å². The summed E-state index contributed by atoms with van der Waals surface area (Å²) in [7, 11) is 4.79. The smallest absolute Gasteiger partial charge is 0.206 e. The van der Waals surface area contributed by atoms with Crippen LogP contribution < -0.4 is 19.5 Å². The number of ether oxygens (including phenoxy) is 3. The van der Waals surface area contributed by atoms with Crippen LogP contribution in [0, 0.1) is 0 Å². The molecule has 0 saturated carbocycles. The number of aromatic nitrogens is 2. The molecule has 2 aromatic carbocycles. The molecule has 0 saturated heterocycles. The molecule has 0 spiro atoms. The van der Waals surface area contributed by atoms with Crippen molar-refractivity contribution in [1.29, 1.82) is 0 Å². The lowest BCUT2D eigenvalue weighted by molar-refractivity contribution is 0.104. The van der Waals surface area contributed by atoms with Gasteiger partial charge in [0, 0.05) is 47.9 Å². The van der Waals surface area contributed by atoms with Crippen molar-refractivity contribution in [2.75, 3.05) is 26.6 Å². The molecule has 0 bridgehead atoms. The van der Waals surface area contributed by atoms with E-state index in [0.717, 1.165) is 17.0 Å². The predicted octanol–water partition coefficient (Wildman–Crippen LogP) is 4.84. The van der Waals surface area contributed by atoms with Gasteiger partial charge in [0.05, 0.1) is 21.3 Å². The molecular weight excluding hydrogens is 406 g/mol. The van der Waals surface area contributed by atoms with E-state index in [2.05, 4.69) is 10.3 Å². The van der Waals surface area contributed by atoms with Crippen LogP contribution in [0.1, 0.15) is 10.5 Å². The molecule has 0 atom stereocenters. The molecule has 7 heteroatoms. The Morgan fingerprint density at radius 2 is 1.59 bits per heavy atom. The Kier molecular flexibility index (Phi) is 6.07. The van der Waals surface area contributed by atoms with Crippen molar-refractivity contribution in [2.24, 2.45) is 0 Å². The highest BCUT2D eigenvalue weighted by atomic mass is 16.5. The van der Waals surface area contributed by atoms with Gasteiger partial charge in [0.15, 0.2) is 0 Å². The number of allylic oxidation sites excluding steroid dienone is 1. The zero-order valence-electron chi connectivity index (χ0n) is 18.0. The van der Waals surface area contributed by atoms with E-state index in [1.54, 1.807) is 38.0 Å². The number of carbonyl (C=O) groups excluding carboxylic acids is 1. The van der Waals surface area contributed by atoms with Gasteiger partial charge in [0.25, 0.3) is 0 Å². The Hall–Kier alpha value is -4.26. The Balaban J connectivity index is 1.66. The summed E-state index contributed by atoms with van der Waals surface area (Å²) in [4.78, 5) is 17.9. The number of hydrogen-bond acceptors (Lipinski definition) is 6. The van der Waals surface area contributed by atoms with E-state index in [9.17, 15) is 4.79 Å². The molecule has 162 valence electrons. The number of imidazole rings is 1. The van der Waals surface area contributed by atoms with Gasteiger partial charge >= 0.3 is 0 Å². The Bertz CT molecular complexity index is 1250. The zero-order chi connectivity index (χ0) is 22.5. The van der Waals surface area contributed by atoms with Crippen molar-refractivity contribution in [3.63, 3.8) is 0 Å². The maximum absolute atomic E-state index is 13.2. The van der Waals surface area contributed by atoms with Crippen molar-refractivity contribution in [3.05, 3.63) is 84.8 Å². The number of carbonyl (C=O) groups is 1. The quantitative estimate of drug-likeness (QED) is 0.319. The number of methoxy groups -OCH3 is 3. The highest BCUT2D eigenvalue weighted by Gasteiger charge is 2.18. The number of hydrogen-bond donors (Lipinski definition) is 1. The van der Waals surface area contributed by atoms with Crippen molar-refractivity contribution in [1.82, 2.24) is 9.38 Å². The number of anilines is 1. The second-order valence-electron chi connectivity index (χ2n) is 6.91. The summed E-state index contributed by atoms with van der Waals surface area (Å²) in [6, 6.07) is 18.5. The number of pyridine rings is 1. The number of benzene rings is 2. The minimum atomic E-state index is -0.183. The van der Waals surface area contributed by atoms with Gasteiger partial charge < -0.3 is 19.5 Å². The van der Waals surface area contributed by atoms with E-state index in [0.29, 0.717) is 28.5 Å². The molecule has 0 radical (unpaired) electrons. The summed E-state index contributed by atoms with van der Waals surface area (Å²) in [6.45, 7) is 0. The maximum Gasteiger partial charge on any atom is 0.206 e. The fraction of sp³-hybridized carbons (Fsp3) is 0.120. The molecule has 2 heterocycles. The van der Waals surface area contributed by atoms with Crippen LogP contribution in [-0.2, 0) is 0 Å². The van der Waals surface area contributed by atoms with Crippen LogP contribution >= 0.6 is 0 Å². The third-order valence-corrected chi connectivity index (χ3v) is 4.96. The number of nitrogens with one attached hydrogen (secondary N) is 1. The molecule has 7 nitrogen and oxygen atoms in total. The Morgan fingerprint density at radius 1 is 0.906 bits per heavy atom. The summed E-state index contributed by atoms with van der Waals surface area (Å²) in [6.07, 6.45) is 4.91. The first kappa shape index (κ1) is 21.0. The van der Waals surface area contributed by atoms with Crippen LogP contribution in [0.25, 0.3) is 16.9 Å². The Labute approximate surface area is 185 Å². The first-order chi connectivity index (χ1) is 15.6. The van der Waals surface area contributed by atoms with Crippen LogP contribution in [-0.4, -0.2) is 36.5 Å². The van der Waals surface area contributed by atoms with E-state index in [-0.39, 0.29) is 5.78 Å². The molecule has 0 aliphatic rings. The van der Waals surface area contributed by atoms with Gasteiger partial charge in [0.2, 0.25) is 5.78 Å². The maximum atomic E-state index is 13.2. The number of ketones is 1. The molecule has 0 fully saturated rings. The van der Waals surface area contributed by atoms with Gasteiger partial charge in [-0.3, -0.25) is 9.20 Å². The SMILES string of the molecule is COc1ccc(-c2nc3ccccn3c2C(=O)/C=C\Nc2cc(OC)cc(OC)c2)cc1. The second kappa shape index (κ2) is 9.26. The van der Waals surface area contributed by atoms with Gasteiger partial charge in [-0.1, -0.05) is 6.07 Å². The molecule has 4 aromatic rings. The summed E-state index contributed by atoms with van der Waals surface area (Å²) < 4.78 is 17.6. The molecule has 4 rings (SSSR count). The average Bonchev–Trinajstić information content (AvgIpc) is 3.23. The predicted molar refractivity (Wildman–Crippen MR) is 124 cm³/mol. The van der Waals surface area contributed by atoms with E-state index in [1.165, 1.54) is 6.08 Å². The molecule has 0 aliphatic heterocycles. The number of rotatable bonds is 8. The molecular formula is C25H23N3O4. The summed E-state index contributed by atoms with van der Waals surface area (Å²) >= 11 is 0. The monoisotopic (exact) mass is 429 g/mol. The van der Waals surface area contributed by atoms with Crippen LogP contribution in [0.15, 0.2) is 79.1 Å². The summed E-state index contributed by atoms with van der Waals surface area (Å²) in [5, 5.41) is 3.10. The standard InChI is InChI=1S/C25H23N3O4/c1-30-19-9-7-17(8-10-19)24-25(28-13-5-4-6-23(28)27-24)22(29)11-12-26-18-14-20(31-2)16-21(15-18)32-3/h4-16,26H,1-3H3/b12-11-. The highest BCUT2D eigenvalue weighted by molar-refractivity contribution is 6.08. The third-order valence-electron chi connectivity index (χ3n) is 4.96. The number of nitrogens with zero attached hydrogens (tertiary/aromatic N) is 2. The van der Waals surface area contributed by atoms with Crippen LogP contribution in [0.5, 0.6) is 17.2 Å². The number of fused-ring (bicyclic) bond motifs is 1. The minimum absolute atomic E-state index is 0.183. The topological polar surface area (TPSA) is 74.1 Å². The van der Waals surface area contributed by atoms with Crippen LogP contribution in [0.4, 0.5) is 5.69 Å². The third kappa shape index (κ3) is 4.27. The zero-order valence-corrected chi connectivity index (χ0v) is 18.0. The van der Waals surface area contributed by atoms with E-state index in [1.807, 2.05) is 60.8 Å². The summed E-state index contributed by atoms with van der Waals surface area (Å²) in [5.41, 5.74) is 3.35. The van der Waals surface area contributed by atoms with E-state index < -0.39 is 0 Å². The molecule has 2 aromatic heterocycles. The lowest BCUT2D eigenvalue weighted by Gasteiger charge is -2.08. The van der Waals surface area contributed by atoms with Crippen LogP contribution in [0.2, 0.25) is 0 Å². The largest absolute Gasteiger partial charge is 0.497 e. The van der Waals surface area contributed by atoms with E-state index >= 15 is 0 Å². The first-order valence-electron chi connectivity index (χ1n) is 9.95. The van der Waals surface area contributed by atoms with Gasteiger partial charge in [0.1, 0.15) is 34.3 Å². The summed E-state index contributed by atoms with van der Waals surface area (Å²) in [5.74, 6) is 1.85. The fourth-order valence-electron chi connectivity index (χ4n) is 3.36. The van der Waals surface area contributed by atoms with Gasteiger partial charge in [-0.25, -0.2) is 4.98 Å². The fourth-order valence-corrected chi connectivity index (χ4v) is 3.36. The van der Waals surface area contributed by atoms with Gasteiger partial charge in [-0.2, -0.15) is 0 Å².